The lowest BCUT2D eigenvalue weighted by Gasteiger charge is -2.12. The summed E-state index contributed by atoms with van der Waals surface area (Å²) in [7, 11) is 0. The van der Waals surface area contributed by atoms with E-state index in [4.69, 9.17) is 27.3 Å². The van der Waals surface area contributed by atoms with Crippen molar-refractivity contribution in [3.63, 3.8) is 0 Å². The highest BCUT2D eigenvalue weighted by atomic mass is 35.5. The van der Waals surface area contributed by atoms with Crippen molar-refractivity contribution in [2.45, 2.75) is 13.5 Å². The summed E-state index contributed by atoms with van der Waals surface area (Å²) in [6, 6.07) is 7.07. The number of aromatic nitrogens is 1. The summed E-state index contributed by atoms with van der Waals surface area (Å²) in [6.45, 7) is 2.28. The molecule has 0 saturated heterocycles. The average molecular weight is 292 g/mol. The second-order valence-corrected chi connectivity index (χ2v) is 4.66. The molecule has 1 aromatic carbocycles. The summed E-state index contributed by atoms with van der Waals surface area (Å²) in [4.78, 5) is 4.09. The highest BCUT2D eigenvalue weighted by Crippen LogP contribution is 2.26. The zero-order chi connectivity index (χ0) is 14.5. The Morgan fingerprint density at radius 1 is 1.45 bits per heavy atom. The summed E-state index contributed by atoms with van der Waals surface area (Å²) in [5.74, 6) is 0.363. The fourth-order valence-electron chi connectivity index (χ4n) is 1.78. The maximum atomic E-state index is 8.80. The second kappa shape index (κ2) is 6.25. The number of hydrogen-bond donors (Lipinski definition) is 2. The van der Waals surface area contributed by atoms with Crippen LogP contribution >= 0.6 is 11.6 Å². The molecule has 0 bridgehead atoms. The molecule has 0 atom stereocenters. The van der Waals surface area contributed by atoms with Gasteiger partial charge in [-0.2, -0.15) is 0 Å². The molecule has 6 heteroatoms. The second-order valence-electron chi connectivity index (χ2n) is 4.26. The Labute approximate surface area is 121 Å². The molecular formula is C14H14ClN3O2. The van der Waals surface area contributed by atoms with Crippen LogP contribution < -0.4 is 10.5 Å². The number of rotatable bonds is 4. The third-order valence-electron chi connectivity index (χ3n) is 2.67. The van der Waals surface area contributed by atoms with Crippen molar-refractivity contribution in [2.24, 2.45) is 10.9 Å². The third-order valence-corrected chi connectivity index (χ3v) is 2.98. The van der Waals surface area contributed by atoms with E-state index in [2.05, 4.69) is 10.1 Å². The average Bonchev–Trinajstić information content (AvgIpc) is 2.44. The number of nitrogens with zero attached hydrogens (tertiary/aromatic N) is 2. The molecule has 0 aliphatic rings. The number of benzene rings is 1. The minimum atomic E-state index is -0.0898. The molecule has 1 aromatic heterocycles. The van der Waals surface area contributed by atoms with E-state index in [9.17, 15) is 0 Å². The maximum absolute atomic E-state index is 8.80. The fraction of sp³-hybridized carbons (Fsp3) is 0.143. The standard InChI is InChI=1S/C14H14ClN3O2/c1-9-5-10(7-17-6-9)8-20-12-4-2-3-11(15)13(12)14(16)18-19/h2-7,19H,8H2,1H3,(H2,16,18). The number of oxime groups is 1. The predicted molar refractivity (Wildman–Crippen MR) is 77.3 cm³/mol. The molecule has 20 heavy (non-hydrogen) atoms. The van der Waals surface area contributed by atoms with Gasteiger partial charge in [-0.05, 0) is 30.7 Å². The smallest absolute Gasteiger partial charge is 0.175 e. The van der Waals surface area contributed by atoms with Crippen molar-refractivity contribution in [1.82, 2.24) is 4.98 Å². The summed E-state index contributed by atoms with van der Waals surface area (Å²) in [5, 5.41) is 12.1. The van der Waals surface area contributed by atoms with Crippen LogP contribution in [0.3, 0.4) is 0 Å². The largest absolute Gasteiger partial charge is 0.488 e. The van der Waals surface area contributed by atoms with Crippen LogP contribution in [-0.4, -0.2) is 16.0 Å². The zero-order valence-corrected chi connectivity index (χ0v) is 11.6. The first-order chi connectivity index (χ1) is 9.61. The summed E-state index contributed by atoms with van der Waals surface area (Å²) in [5.41, 5.74) is 7.96. The van der Waals surface area contributed by atoms with Crippen LogP contribution in [0.25, 0.3) is 0 Å². The molecule has 0 radical (unpaired) electrons. The Kier molecular flexibility index (Phi) is 4.42. The molecule has 2 rings (SSSR count). The van der Waals surface area contributed by atoms with Gasteiger partial charge < -0.3 is 15.7 Å². The van der Waals surface area contributed by atoms with Crippen LogP contribution in [0.2, 0.25) is 5.02 Å². The van der Waals surface area contributed by atoms with Gasteiger partial charge in [0.15, 0.2) is 5.84 Å². The topological polar surface area (TPSA) is 80.7 Å². The zero-order valence-electron chi connectivity index (χ0n) is 10.9. The fourth-order valence-corrected chi connectivity index (χ4v) is 2.04. The normalized spacial score (nSPS) is 11.4. The maximum Gasteiger partial charge on any atom is 0.175 e. The van der Waals surface area contributed by atoms with E-state index in [1.54, 1.807) is 30.6 Å². The van der Waals surface area contributed by atoms with Gasteiger partial charge in [0.05, 0.1) is 10.6 Å². The van der Waals surface area contributed by atoms with E-state index >= 15 is 0 Å². The molecule has 0 saturated carbocycles. The van der Waals surface area contributed by atoms with Gasteiger partial charge in [0.25, 0.3) is 0 Å². The number of ether oxygens (including phenoxy) is 1. The molecular weight excluding hydrogens is 278 g/mol. The molecule has 3 N–H and O–H groups in total. The van der Waals surface area contributed by atoms with Crippen molar-refractivity contribution < 1.29 is 9.94 Å². The lowest BCUT2D eigenvalue weighted by atomic mass is 10.2. The molecule has 5 nitrogen and oxygen atoms in total. The van der Waals surface area contributed by atoms with Gasteiger partial charge in [-0.1, -0.05) is 22.8 Å². The van der Waals surface area contributed by atoms with E-state index in [0.29, 0.717) is 22.9 Å². The highest BCUT2D eigenvalue weighted by Gasteiger charge is 2.13. The van der Waals surface area contributed by atoms with Crippen LogP contribution in [-0.2, 0) is 6.61 Å². The predicted octanol–water partition coefficient (Wildman–Crippen LogP) is 2.72. The number of amidine groups is 1. The van der Waals surface area contributed by atoms with Gasteiger partial charge in [0.1, 0.15) is 12.4 Å². The van der Waals surface area contributed by atoms with E-state index < -0.39 is 0 Å². The number of pyridine rings is 1. The molecule has 0 aliphatic heterocycles. The lowest BCUT2D eigenvalue weighted by Crippen LogP contribution is -2.15. The SMILES string of the molecule is Cc1cncc(COc2cccc(Cl)c2/C(N)=N/O)c1. The Morgan fingerprint density at radius 3 is 2.95 bits per heavy atom. The van der Waals surface area contributed by atoms with Gasteiger partial charge in [-0.3, -0.25) is 4.98 Å². The Hall–Kier alpha value is -2.27. The van der Waals surface area contributed by atoms with Crippen molar-refractivity contribution in [1.29, 1.82) is 0 Å². The van der Waals surface area contributed by atoms with E-state index in [-0.39, 0.29) is 5.84 Å². The minimum Gasteiger partial charge on any atom is -0.488 e. The molecule has 0 unspecified atom stereocenters. The summed E-state index contributed by atoms with van der Waals surface area (Å²) < 4.78 is 5.69. The van der Waals surface area contributed by atoms with Gasteiger partial charge in [-0.15, -0.1) is 0 Å². The third kappa shape index (κ3) is 3.19. The summed E-state index contributed by atoms with van der Waals surface area (Å²) >= 11 is 6.05. The van der Waals surface area contributed by atoms with Gasteiger partial charge in [0.2, 0.25) is 0 Å². The van der Waals surface area contributed by atoms with E-state index in [1.807, 2.05) is 13.0 Å². The molecule has 2 aromatic rings. The Morgan fingerprint density at radius 2 is 2.25 bits per heavy atom. The number of nitrogens with two attached hydrogens (primary N) is 1. The molecule has 0 spiro atoms. The molecule has 1 heterocycles. The van der Waals surface area contributed by atoms with E-state index in [0.717, 1.165) is 11.1 Å². The molecule has 0 fully saturated rings. The Bertz CT molecular complexity index is 644. The quantitative estimate of drug-likeness (QED) is 0.393. The van der Waals surface area contributed by atoms with Crippen molar-refractivity contribution in [2.75, 3.05) is 0 Å². The first-order valence-corrected chi connectivity index (χ1v) is 6.29. The van der Waals surface area contributed by atoms with Crippen LogP contribution in [0, 0.1) is 6.92 Å². The van der Waals surface area contributed by atoms with Gasteiger partial charge >= 0.3 is 0 Å². The van der Waals surface area contributed by atoms with Crippen LogP contribution in [0.15, 0.2) is 41.8 Å². The lowest BCUT2D eigenvalue weighted by molar-refractivity contribution is 0.302. The monoisotopic (exact) mass is 291 g/mol. The number of hydrogen-bond acceptors (Lipinski definition) is 4. The molecule has 0 aliphatic carbocycles. The Balaban J connectivity index is 2.24. The van der Waals surface area contributed by atoms with Crippen molar-refractivity contribution in [3.05, 3.63) is 58.4 Å². The first kappa shape index (κ1) is 14.1. The molecule has 104 valence electrons. The van der Waals surface area contributed by atoms with E-state index in [1.165, 1.54) is 0 Å². The van der Waals surface area contributed by atoms with Gasteiger partial charge in [0, 0.05) is 18.0 Å². The van der Waals surface area contributed by atoms with Crippen LogP contribution in [0.1, 0.15) is 16.7 Å². The first-order valence-electron chi connectivity index (χ1n) is 5.91. The van der Waals surface area contributed by atoms with Crippen LogP contribution in [0.4, 0.5) is 0 Å². The number of halogens is 1. The molecule has 0 amide bonds. The van der Waals surface area contributed by atoms with Crippen molar-refractivity contribution in [3.8, 4) is 5.75 Å². The van der Waals surface area contributed by atoms with Crippen LogP contribution in [0.5, 0.6) is 5.75 Å². The highest BCUT2D eigenvalue weighted by molar-refractivity contribution is 6.34. The number of aryl methyl sites for hydroxylation is 1. The summed E-state index contributed by atoms with van der Waals surface area (Å²) in [6.07, 6.45) is 3.49. The minimum absolute atomic E-state index is 0.0898. The van der Waals surface area contributed by atoms with Gasteiger partial charge in [-0.25, -0.2) is 0 Å². The van der Waals surface area contributed by atoms with Crippen molar-refractivity contribution >= 4 is 17.4 Å².